The number of carbonyl (C=O) groups is 2. The highest BCUT2D eigenvalue weighted by Crippen LogP contribution is 2.18. The van der Waals surface area contributed by atoms with Crippen molar-refractivity contribution in [2.24, 2.45) is 11.7 Å². The van der Waals surface area contributed by atoms with E-state index < -0.39 is 6.10 Å². The zero-order chi connectivity index (χ0) is 14.5. The second kappa shape index (κ2) is 6.41. The topological polar surface area (TPSA) is 72.6 Å². The van der Waals surface area contributed by atoms with Gasteiger partial charge in [0.25, 0.3) is 5.91 Å². The van der Waals surface area contributed by atoms with Gasteiger partial charge in [0.05, 0.1) is 0 Å². The number of hydrogen-bond donors (Lipinski definition) is 1. The number of nitrogens with two attached hydrogens (primary N) is 1. The highest BCUT2D eigenvalue weighted by atomic mass is 16.5. The fourth-order valence-electron chi connectivity index (χ4n) is 2.40. The Morgan fingerprint density at radius 3 is 2.40 bits per heavy atom. The van der Waals surface area contributed by atoms with Gasteiger partial charge in [-0.1, -0.05) is 18.2 Å². The lowest BCUT2D eigenvalue weighted by Crippen LogP contribution is -2.46. The van der Waals surface area contributed by atoms with Crippen LogP contribution in [-0.4, -0.2) is 35.9 Å². The molecule has 0 aromatic heterocycles. The number of primary amides is 1. The molecule has 0 unspecified atom stereocenters. The van der Waals surface area contributed by atoms with E-state index in [9.17, 15) is 9.59 Å². The molecule has 5 heteroatoms. The molecule has 0 spiro atoms. The predicted molar refractivity (Wildman–Crippen MR) is 75.0 cm³/mol. The highest BCUT2D eigenvalue weighted by molar-refractivity contribution is 5.82. The Morgan fingerprint density at radius 1 is 1.25 bits per heavy atom. The van der Waals surface area contributed by atoms with Crippen LogP contribution in [0.3, 0.4) is 0 Å². The van der Waals surface area contributed by atoms with Crippen LogP contribution in [0.15, 0.2) is 30.3 Å². The number of nitrogens with zero attached hydrogens (tertiary/aromatic N) is 1. The molecule has 1 aromatic rings. The van der Waals surface area contributed by atoms with Crippen molar-refractivity contribution in [3.8, 4) is 5.75 Å². The zero-order valence-corrected chi connectivity index (χ0v) is 11.6. The molecular weight excluding hydrogens is 256 g/mol. The van der Waals surface area contributed by atoms with Crippen LogP contribution in [0.5, 0.6) is 5.75 Å². The minimum absolute atomic E-state index is 0.0447. The van der Waals surface area contributed by atoms with E-state index in [2.05, 4.69) is 0 Å². The maximum atomic E-state index is 12.3. The molecule has 1 fully saturated rings. The summed E-state index contributed by atoms with van der Waals surface area (Å²) in [4.78, 5) is 25.1. The first-order chi connectivity index (χ1) is 9.58. The first-order valence-electron chi connectivity index (χ1n) is 6.87. The number of ether oxygens (including phenoxy) is 1. The number of likely N-dealkylation sites (tertiary alicyclic amines) is 1. The van der Waals surface area contributed by atoms with E-state index in [0.29, 0.717) is 31.7 Å². The fraction of sp³-hybridized carbons (Fsp3) is 0.467. The Labute approximate surface area is 118 Å². The van der Waals surface area contributed by atoms with Crippen molar-refractivity contribution in [3.63, 3.8) is 0 Å². The number of rotatable bonds is 4. The van der Waals surface area contributed by atoms with Crippen LogP contribution < -0.4 is 10.5 Å². The first kappa shape index (κ1) is 14.4. The summed E-state index contributed by atoms with van der Waals surface area (Å²) in [5.41, 5.74) is 5.28. The second-order valence-electron chi connectivity index (χ2n) is 5.08. The molecule has 0 saturated carbocycles. The molecule has 1 aliphatic rings. The van der Waals surface area contributed by atoms with Gasteiger partial charge < -0.3 is 15.4 Å². The van der Waals surface area contributed by atoms with Crippen LogP contribution in [0.25, 0.3) is 0 Å². The molecule has 108 valence electrons. The van der Waals surface area contributed by atoms with Crippen LogP contribution in [-0.2, 0) is 9.59 Å². The molecule has 5 nitrogen and oxygen atoms in total. The normalized spacial score (nSPS) is 17.6. The molecule has 2 rings (SSSR count). The maximum Gasteiger partial charge on any atom is 0.263 e. The lowest BCUT2D eigenvalue weighted by atomic mass is 9.96. The summed E-state index contributed by atoms with van der Waals surface area (Å²) in [6.07, 6.45) is 0.751. The molecule has 1 saturated heterocycles. The molecule has 1 atom stereocenters. The van der Waals surface area contributed by atoms with Gasteiger partial charge in [-0.2, -0.15) is 0 Å². The summed E-state index contributed by atoms with van der Waals surface area (Å²) >= 11 is 0. The van der Waals surface area contributed by atoms with Crippen molar-refractivity contribution in [1.82, 2.24) is 4.90 Å². The van der Waals surface area contributed by atoms with Crippen molar-refractivity contribution in [3.05, 3.63) is 30.3 Å². The molecule has 2 amide bonds. The highest BCUT2D eigenvalue weighted by Gasteiger charge is 2.28. The van der Waals surface area contributed by atoms with E-state index in [4.69, 9.17) is 10.5 Å². The maximum absolute atomic E-state index is 12.3. The summed E-state index contributed by atoms with van der Waals surface area (Å²) in [6, 6.07) is 9.27. The minimum atomic E-state index is -0.525. The molecule has 0 bridgehead atoms. The van der Waals surface area contributed by atoms with Crippen molar-refractivity contribution in [1.29, 1.82) is 0 Å². The molecule has 1 heterocycles. The molecule has 1 aliphatic heterocycles. The van der Waals surface area contributed by atoms with E-state index >= 15 is 0 Å². The van der Waals surface area contributed by atoms with Gasteiger partial charge in [-0.3, -0.25) is 9.59 Å². The Morgan fingerprint density at radius 2 is 1.85 bits per heavy atom. The largest absolute Gasteiger partial charge is 0.481 e. The Kier molecular flexibility index (Phi) is 4.61. The van der Waals surface area contributed by atoms with Crippen LogP contribution >= 0.6 is 0 Å². The summed E-state index contributed by atoms with van der Waals surface area (Å²) in [5, 5.41) is 0. The second-order valence-corrected chi connectivity index (χ2v) is 5.08. The van der Waals surface area contributed by atoms with Gasteiger partial charge in [-0.15, -0.1) is 0 Å². The monoisotopic (exact) mass is 276 g/mol. The minimum Gasteiger partial charge on any atom is -0.481 e. The third-order valence-electron chi connectivity index (χ3n) is 3.61. The number of piperidine rings is 1. The van der Waals surface area contributed by atoms with Gasteiger partial charge in [0, 0.05) is 19.0 Å². The summed E-state index contributed by atoms with van der Waals surface area (Å²) in [7, 11) is 0. The quantitative estimate of drug-likeness (QED) is 0.897. The van der Waals surface area contributed by atoms with Gasteiger partial charge in [-0.05, 0) is 31.9 Å². The fourth-order valence-corrected chi connectivity index (χ4v) is 2.40. The smallest absolute Gasteiger partial charge is 0.263 e. The number of para-hydroxylation sites is 1. The van der Waals surface area contributed by atoms with Crippen molar-refractivity contribution in [2.45, 2.75) is 25.9 Å². The standard InChI is InChI=1S/C15H20N2O3/c1-11(20-13-5-3-2-4-6-13)15(19)17-9-7-12(8-10-17)14(16)18/h2-6,11-12H,7-10H2,1H3,(H2,16,18)/t11-/m0/s1. The molecule has 1 aromatic carbocycles. The summed E-state index contributed by atoms with van der Waals surface area (Å²) in [5.74, 6) is 0.257. The van der Waals surface area contributed by atoms with Gasteiger partial charge in [0.15, 0.2) is 6.10 Å². The lowest BCUT2D eigenvalue weighted by Gasteiger charge is -2.32. The average Bonchev–Trinajstić information content (AvgIpc) is 2.47. The van der Waals surface area contributed by atoms with Gasteiger partial charge >= 0.3 is 0 Å². The molecule has 0 aliphatic carbocycles. The van der Waals surface area contributed by atoms with E-state index in [1.165, 1.54) is 0 Å². The Hall–Kier alpha value is -2.04. The van der Waals surface area contributed by atoms with Crippen molar-refractivity contribution in [2.75, 3.05) is 13.1 Å². The average molecular weight is 276 g/mol. The van der Waals surface area contributed by atoms with E-state index in [0.717, 1.165) is 0 Å². The van der Waals surface area contributed by atoms with Crippen LogP contribution in [0, 0.1) is 5.92 Å². The van der Waals surface area contributed by atoms with E-state index in [1.807, 2.05) is 30.3 Å². The molecular formula is C15H20N2O3. The summed E-state index contributed by atoms with van der Waals surface area (Å²) in [6.45, 7) is 2.87. The van der Waals surface area contributed by atoms with Crippen LogP contribution in [0.2, 0.25) is 0 Å². The van der Waals surface area contributed by atoms with E-state index in [-0.39, 0.29) is 17.7 Å². The van der Waals surface area contributed by atoms with Crippen LogP contribution in [0.1, 0.15) is 19.8 Å². The number of amides is 2. The molecule has 2 N–H and O–H groups in total. The first-order valence-corrected chi connectivity index (χ1v) is 6.87. The summed E-state index contributed by atoms with van der Waals surface area (Å²) < 4.78 is 5.62. The third kappa shape index (κ3) is 3.50. The molecule has 20 heavy (non-hydrogen) atoms. The zero-order valence-electron chi connectivity index (χ0n) is 11.6. The van der Waals surface area contributed by atoms with E-state index in [1.54, 1.807) is 11.8 Å². The Bertz CT molecular complexity index is 467. The molecule has 0 radical (unpaired) electrons. The number of carbonyl (C=O) groups excluding carboxylic acids is 2. The van der Waals surface area contributed by atoms with Crippen molar-refractivity contribution >= 4 is 11.8 Å². The number of benzene rings is 1. The van der Waals surface area contributed by atoms with Gasteiger partial charge in [-0.25, -0.2) is 0 Å². The SMILES string of the molecule is C[C@H](Oc1ccccc1)C(=O)N1CCC(C(N)=O)CC1. The third-order valence-corrected chi connectivity index (χ3v) is 3.61. The van der Waals surface area contributed by atoms with Gasteiger partial charge in [0.2, 0.25) is 5.91 Å². The predicted octanol–water partition coefficient (Wildman–Crippen LogP) is 1.18. The van der Waals surface area contributed by atoms with Crippen LogP contribution in [0.4, 0.5) is 0 Å². The Balaban J connectivity index is 1.87. The number of hydrogen-bond acceptors (Lipinski definition) is 3. The van der Waals surface area contributed by atoms with Crippen molar-refractivity contribution < 1.29 is 14.3 Å². The van der Waals surface area contributed by atoms with Gasteiger partial charge in [0.1, 0.15) is 5.75 Å². The lowest BCUT2D eigenvalue weighted by molar-refractivity contribution is -0.140.